The summed E-state index contributed by atoms with van der Waals surface area (Å²) < 4.78 is 18.3. The van der Waals surface area contributed by atoms with Gasteiger partial charge in [-0.25, -0.2) is 9.18 Å². The van der Waals surface area contributed by atoms with Crippen LogP contribution in [0.5, 0.6) is 0 Å². The number of carbonyl (C=O) groups excluding carboxylic acids is 1. The molecule has 1 amide bonds. The third kappa shape index (κ3) is 2.59. The van der Waals surface area contributed by atoms with Crippen LogP contribution in [0.25, 0.3) is 0 Å². The van der Waals surface area contributed by atoms with Gasteiger partial charge in [0, 0.05) is 0 Å². The van der Waals surface area contributed by atoms with Crippen molar-refractivity contribution < 1.29 is 23.6 Å². The number of anilines is 1. The minimum atomic E-state index is -1.24. The van der Waals surface area contributed by atoms with E-state index in [4.69, 9.17) is 9.63 Å². The van der Waals surface area contributed by atoms with E-state index in [-0.39, 0.29) is 16.8 Å². The first-order valence-corrected chi connectivity index (χ1v) is 5.24. The normalized spacial score (nSPS) is 10.2. The first-order chi connectivity index (χ1) is 8.99. The summed E-state index contributed by atoms with van der Waals surface area (Å²) in [6.07, 6.45) is 1.22. The van der Waals surface area contributed by atoms with Crippen LogP contribution in [-0.2, 0) is 0 Å². The summed E-state index contributed by atoms with van der Waals surface area (Å²) in [5.74, 6) is -2.35. The Bertz CT molecular complexity index is 651. The van der Waals surface area contributed by atoms with Crippen molar-refractivity contribution in [3.8, 4) is 0 Å². The summed E-state index contributed by atoms with van der Waals surface area (Å²) in [5.41, 5.74) is -0.131. The maximum atomic E-state index is 13.6. The number of aromatic carboxylic acids is 1. The molecule has 0 bridgehead atoms. The number of nitrogens with zero attached hydrogens (tertiary/aromatic N) is 1. The van der Waals surface area contributed by atoms with E-state index in [0.717, 1.165) is 6.07 Å². The van der Waals surface area contributed by atoms with Crippen LogP contribution in [0.3, 0.4) is 0 Å². The van der Waals surface area contributed by atoms with Gasteiger partial charge < -0.3 is 14.9 Å². The second kappa shape index (κ2) is 4.89. The van der Waals surface area contributed by atoms with Crippen molar-refractivity contribution in [1.82, 2.24) is 5.16 Å². The zero-order valence-corrected chi connectivity index (χ0v) is 9.81. The highest BCUT2D eigenvalue weighted by atomic mass is 19.1. The van der Waals surface area contributed by atoms with Gasteiger partial charge in [-0.2, -0.15) is 0 Å². The van der Waals surface area contributed by atoms with Crippen LogP contribution in [-0.4, -0.2) is 22.1 Å². The lowest BCUT2D eigenvalue weighted by atomic mass is 10.2. The Kier molecular flexibility index (Phi) is 3.28. The zero-order chi connectivity index (χ0) is 14.0. The van der Waals surface area contributed by atoms with Gasteiger partial charge in [-0.05, 0) is 25.1 Å². The number of rotatable bonds is 3. The SMILES string of the molecule is Cc1oncc1C(=O)Nc1ccc(C(=O)O)cc1F. The van der Waals surface area contributed by atoms with E-state index < -0.39 is 17.7 Å². The minimum absolute atomic E-state index is 0.115. The largest absolute Gasteiger partial charge is 0.478 e. The highest BCUT2D eigenvalue weighted by Crippen LogP contribution is 2.17. The Hall–Kier alpha value is -2.70. The Balaban J connectivity index is 2.23. The monoisotopic (exact) mass is 264 g/mol. The molecular weight excluding hydrogens is 255 g/mol. The molecule has 1 aromatic carbocycles. The molecule has 98 valence electrons. The second-order valence-electron chi connectivity index (χ2n) is 3.75. The number of hydrogen-bond donors (Lipinski definition) is 2. The number of aromatic nitrogens is 1. The fourth-order valence-electron chi connectivity index (χ4n) is 1.46. The molecule has 0 fully saturated rings. The van der Waals surface area contributed by atoms with Crippen molar-refractivity contribution in [3.63, 3.8) is 0 Å². The van der Waals surface area contributed by atoms with E-state index >= 15 is 0 Å². The summed E-state index contributed by atoms with van der Waals surface area (Å²) in [4.78, 5) is 22.4. The molecule has 2 aromatic rings. The molecule has 0 radical (unpaired) electrons. The number of nitrogens with one attached hydrogen (secondary N) is 1. The molecule has 0 aliphatic rings. The predicted molar refractivity (Wildman–Crippen MR) is 62.6 cm³/mol. The Morgan fingerprint density at radius 1 is 1.42 bits per heavy atom. The number of benzene rings is 1. The van der Waals surface area contributed by atoms with E-state index in [0.29, 0.717) is 5.76 Å². The van der Waals surface area contributed by atoms with Crippen molar-refractivity contribution >= 4 is 17.6 Å². The molecule has 0 aliphatic heterocycles. The molecule has 0 saturated heterocycles. The van der Waals surface area contributed by atoms with Gasteiger partial charge in [0.1, 0.15) is 17.1 Å². The average molecular weight is 264 g/mol. The maximum Gasteiger partial charge on any atom is 0.335 e. The average Bonchev–Trinajstić information content (AvgIpc) is 2.77. The lowest BCUT2D eigenvalue weighted by Gasteiger charge is -2.05. The lowest BCUT2D eigenvalue weighted by Crippen LogP contribution is -2.13. The molecule has 0 saturated carbocycles. The maximum absolute atomic E-state index is 13.6. The second-order valence-corrected chi connectivity index (χ2v) is 3.75. The van der Waals surface area contributed by atoms with Gasteiger partial charge in [0.2, 0.25) is 0 Å². The smallest absolute Gasteiger partial charge is 0.335 e. The first-order valence-electron chi connectivity index (χ1n) is 5.24. The molecule has 2 rings (SSSR count). The fourth-order valence-corrected chi connectivity index (χ4v) is 1.46. The number of carboxylic acid groups (broad SMARTS) is 1. The Labute approximate surface area is 106 Å². The van der Waals surface area contributed by atoms with Gasteiger partial charge in [0.05, 0.1) is 17.4 Å². The third-order valence-electron chi connectivity index (χ3n) is 2.46. The van der Waals surface area contributed by atoms with Gasteiger partial charge in [-0.3, -0.25) is 4.79 Å². The van der Waals surface area contributed by atoms with Crippen LogP contribution in [0.4, 0.5) is 10.1 Å². The van der Waals surface area contributed by atoms with E-state index in [1.54, 1.807) is 6.92 Å². The molecule has 0 unspecified atom stereocenters. The summed E-state index contributed by atoms with van der Waals surface area (Å²) in [7, 11) is 0. The van der Waals surface area contributed by atoms with Gasteiger partial charge in [-0.1, -0.05) is 5.16 Å². The summed E-state index contributed by atoms with van der Waals surface area (Å²) in [6.45, 7) is 1.55. The highest BCUT2D eigenvalue weighted by molar-refractivity contribution is 6.04. The van der Waals surface area contributed by atoms with Crippen LogP contribution in [0.15, 0.2) is 28.9 Å². The molecule has 0 aliphatic carbocycles. The molecule has 2 N–H and O–H groups in total. The third-order valence-corrected chi connectivity index (χ3v) is 2.46. The van der Waals surface area contributed by atoms with Crippen molar-refractivity contribution in [2.45, 2.75) is 6.92 Å². The first kappa shape index (κ1) is 12.7. The fraction of sp³-hybridized carbons (Fsp3) is 0.0833. The van der Waals surface area contributed by atoms with E-state index in [1.165, 1.54) is 18.3 Å². The zero-order valence-electron chi connectivity index (χ0n) is 9.81. The molecule has 1 heterocycles. The predicted octanol–water partition coefficient (Wildman–Crippen LogP) is 2.07. The molecule has 0 atom stereocenters. The van der Waals surface area contributed by atoms with Crippen LogP contribution in [0, 0.1) is 12.7 Å². The van der Waals surface area contributed by atoms with Gasteiger partial charge in [0.15, 0.2) is 0 Å². The Morgan fingerprint density at radius 3 is 2.68 bits per heavy atom. The standard InChI is InChI=1S/C12H9FN2O4/c1-6-8(5-14-19-6)11(16)15-10-3-2-7(12(17)18)4-9(10)13/h2-5H,1H3,(H,15,16)(H,17,18). The molecule has 19 heavy (non-hydrogen) atoms. The number of carbonyl (C=O) groups is 2. The quantitative estimate of drug-likeness (QED) is 0.885. The molecule has 6 nitrogen and oxygen atoms in total. The van der Waals surface area contributed by atoms with Crippen LogP contribution < -0.4 is 5.32 Å². The van der Waals surface area contributed by atoms with Crippen molar-refractivity contribution in [2.75, 3.05) is 5.32 Å². The molecular formula is C12H9FN2O4. The van der Waals surface area contributed by atoms with Gasteiger partial charge in [-0.15, -0.1) is 0 Å². The number of aryl methyl sites for hydroxylation is 1. The van der Waals surface area contributed by atoms with E-state index in [2.05, 4.69) is 10.5 Å². The number of hydrogen-bond acceptors (Lipinski definition) is 4. The molecule has 7 heteroatoms. The summed E-state index contributed by atoms with van der Waals surface area (Å²) in [5, 5.41) is 14.4. The number of halogens is 1. The Morgan fingerprint density at radius 2 is 2.16 bits per heavy atom. The van der Waals surface area contributed by atoms with E-state index in [1.807, 2.05) is 0 Å². The lowest BCUT2D eigenvalue weighted by molar-refractivity contribution is 0.0696. The topological polar surface area (TPSA) is 92.4 Å². The van der Waals surface area contributed by atoms with Crippen LogP contribution >= 0.6 is 0 Å². The van der Waals surface area contributed by atoms with Crippen molar-refractivity contribution in [2.24, 2.45) is 0 Å². The van der Waals surface area contributed by atoms with Crippen LogP contribution in [0.2, 0.25) is 0 Å². The van der Waals surface area contributed by atoms with Gasteiger partial charge >= 0.3 is 5.97 Å². The number of carboxylic acids is 1. The van der Waals surface area contributed by atoms with Crippen molar-refractivity contribution in [1.29, 1.82) is 0 Å². The van der Waals surface area contributed by atoms with Gasteiger partial charge in [0.25, 0.3) is 5.91 Å². The highest BCUT2D eigenvalue weighted by Gasteiger charge is 2.15. The summed E-state index contributed by atoms with van der Waals surface area (Å²) >= 11 is 0. The molecule has 1 aromatic heterocycles. The van der Waals surface area contributed by atoms with E-state index in [9.17, 15) is 14.0 Å². The number of amides is 1. The van der Waals surface area contributed by atoms with Crippen molar-refractivity contribution in [3.05, 3.63) is 47.1 Å². The van der Waals surface area contributed by atoms with Crippen LogP contribution in [0.1, 0.15) is 26.5 Å². The molecule has 0 spiro atoms. The summed E-state index contributed by atoms with van der Waals surface area (Å²) in [6, 6.07) is 3.21. The minimum Gasteiger partial charge on any atom is -0.478 e.